The highest BCUT2D eigenvalue weighted by molar-refractivity contribution is 5.85. The molecule has 106 valence electrons. The molecule has 5 heteroatoms. The summed E-state index contributed by atoms with van der Waals surface area (Å²) in [5, 5.41) is 0. The number of amides is 1. The van der Waals surface area contributed by atoms with Gasteiger partial charge >= 0.3 is 6.09 Å². The largest absolute Gasteiger partial charge is 0.444 e. The van der Waals surface area contributed by atoms with E-state index in [2.05, 4.69) is 0 Å². The zero-order valence-corrected chi connectivity index (χ0v) is 12.4. The SMILES string of the molecule is CC(C)(C)OC(=O)N1CCC(N)CC12CCC2.Cl. The summed E-state index contributed by atoms with van der Waals surface area (Å²) in [5.41, 5.74) is 5.63. The first-order chi connectivity index (χ1) is 7.82. The van der Waals surface area contributed by atoms with Crippen molar-refractivity contribution in [2.24, 2.45) is 5.73 Å². The lowest BCUT2D eigenvalue weighted by atomic mass is 9.69. The predicted octanol–water partition coefficient (Wildman–Crippen LogP) is 2.69. The number of likely N-dealkylation sites (tertiary alicyclic amines) is 1. The number of hydrogen-bond acceptors (Lipinski definition) is 3. The van der Waals surface area contributed by atoms with Crippen LogP contribution in [0.5, 0.6) is 0 Å². The van der Waals surface area contributed by atoms with Crippen LogP contribution in [0.2, 0.25) is 0 Å². The van der Waals surface area contributed by atoms with E-state index in [4.69, 9.17) is 10.5 Å². The molecule has 1 unspecified atom stereocenters. The van der Waals surface area contributed by atoms with Gasteiger partial charge in [0.1, 0.15) is 5.60 Å². The highest BCUT2D eigenvalue weighted by Crippen LogP contribution is 2.44. The standard InChI is InChI=1S/C13H24N2O2.ClH/c1-12(2,3)17-11(16)15-8-5-10(14)9-13(15)6-4-7-13;/h10H,4-9,14H2,1-3H3;1H. The number of halogens is 1. The molecule has 1 heterocycles. The molecule has 2 rings (SSSR count). The Labute approximate surface area is 116 Å². The molecule has 2 N–H and O–H groups in total. The molecular formula is C13H25ClN2O2. The number of carbonyl (C=O) groups is 1. The molecule has 0 radical (unpaired) electrons. The third kappa shape index (κ3) is 3.09. The van der Waals surface area contributed by atoms with Gasteiger partial charge in [-0.25, -0.2) is 4.79 Å². The lowest BCUT2D eigenvalue weighted by Crippen LogP contribution is -2.62. The van der Waals surface area contributed by atoms with Crippen LogP contribution in [0, 0.1) is 0 Å². The third-order valence-electron chi connectivity index (χ3n) is 3.84. The van der Waals surface area contributed by atoms with Crippen LogP contribution in [-0.4, -0.2) is 34.7 Å². The Balaban J connectivity index is 0.00000162. The summed E-state index contributed by atoms with van der Waals surface area (Å²) in [6.07, 6.45) is 5.03. The number of nitrogens with zero attached hydrogens (tertiary/aromatic N) is 1. The summed E-state index contributed by atoms with van der Waals surface area (Å²) in [6.45, 7) is 6.48. The van der Waals surface area contributed by atoms with Gasteiger partial charge in [0.15, 0.2) is 0 Å². The third-order valence-corrected chi connectivity index (χ3v) is 3.84. The molecule has 18 heavy (non-hydrogen) atoms. The molecule has 1 spiro atoms. The van der Waals surface area contributed by atoms with Crippen LogP contribution in [0.15, 0.2) is 0 Å². The second-order valence-corrected chi connectivity index (χ2v) is 6.46. The van der Waals surface area contributed by atoms with E-state index in [9.17, 15) is 4.79 Å². The normalized spacial score (nSPS) is 26.2. The van der Waals surface area contributed by atoms with Crippen molar-refractivity contribution in [1.29, 1.82) is 0 Å². The minimum Gasteiger partial charge on any atom is -0.444 e. The molecule has 1 aliphatic carbocycles. The predicted molar refractivity (Wildman–Crippen MR) is 74.0 cm³/mol. The Kier molecular flexibility index (Phi) is 4.55. The summed E-state index contributed by atoms with van der Waals surface area (Å²) in [6, 6.07) is 0.244. The molecule has 1 amide bonds. The first kappa shape index (κ1) is 15.6. The molecule has 0 aromatic carbocycles. The van der Waals surface area contributed by atoms with Crippen LogP contribution in [0.1, 0.15) is 52.9 Å². The molecule has 0 aromatic rings. The maximum Gasteiger partial charge on any atom is 0.410 e. The Morgan fingerprint density at radius 1 is 1.39 bits per heavy atom. The summed E-state index contributed by atoms with van der Waals surface area (Å²) in [4.78, 5) is 14.1. The highest BCUT2D eigenvalue weighted by atomic mass is 35.5. The maximum absolute atomic E-state index is 12.2. The molecule has 1 saturated carbocycles. The minimum atomic E-state index is -0.415. The van der Waals surface area contributed by atoms with E-state index < -0.39 is 5.60 Å². The molecule has 0 aromatic heterocycles. The second-order valence-electron chi connectivity index (χ2n) is 6.46. The molecule has 1 aliphatic heterocycles. The average Bonchev–Trinajstić information content (AvgIpc) is 2.12. The van der Waals surface area contributed by atoms with Crippen LogP contribution >= 0.6 is 12.4 Å². The molecule has 1 atom stereocenters. The highest BCUT2D eigenvalue weighted by Gasteiger charge is 2.49. The summed E-state index contributed by atoms with van der Waals surface area (Å²) in [5.74, 6) is 0. The topological polar surface area (TPSA) is 55.6 Å². The fraction of sp³-hybridized carbons (Fsp3) is 0.923. The zero-order chi connectivity index (χ0) is 12.7. The van der Waals surface area contributed by atoms with Crippen molar-refractivity contribution in [3.63, 3.8) is 0 Å². The van der Waals surface area contributed by atoms with E-state index in [0.717, 1.165) is 32.2 Å². The number of rotatable bonds is 0. The van der Waals surface area contributed by atoms with Gasteiger partial charge in [-0.15, -0.1) is 12.4 Å². The number of piperidine rings is 1. The van der Waals surface area contributed by atoms with Crippen molar-refractivity contribution >= 4 is 18.5 Å². The van der Waals surface area contributed by atoms with Crippen LogP contribution in [-0.2, 0) is 4.74 Å². The van der Waals surface area contributed by atoms with Gasteiger partial charge in [0.25, 0.3) is 0 Å². The minimum absolute atomic E-state index is 0. The first-order valence-corrected chi connectivity index (χ1v) is 6.59. The summed E-state index contributed by atoms with van der Waals surface area (Å²) >= 11 is 0. The smallest absolute Gasteiger partial charge is 0.410 e. The van der Waals surface area contributed by atoms with Gasteiger partial charge in [-0.3, -0.25) is 0 Å². The van der Waals surface area contributed by atoms with Crippen molar-refractivity contribution < 1.29 is 9.53 Å². The van der Waals surface area contributed by atoms with Gasteiger partial charge in [-0.1, -0.05) is 0 Å². The van der Waals surface area contributed by atoms with Gasteiger partial charge in [0, 0.05) is 18.1 Å². The second kappa shape index (κ2) is 5.25. The number of hydrogen-bond donors (Lipinski definition) is 1. The Morgan fingerprint density at radius 2 is 2.00 bits per heavy atom. The van der Waals surface area contributed by atoms with Gasteiger partial charge in [0.05, 0.1) is 0 Å². The van der Waals surface area contributed by atoms with Gasteiger partial charge < -0.3 is 15.4 Å². The van der Waals surface area contributed by atoms with E-state index >= 15 is 0 Å². The van der Waals surface area contributed by atoms with Crippen LogP contribution in [0.4, 0.5) is 4.79 Å². The van der Waals surface area contributed by atoms with Crippen LogP contribution in [0.25, 0.3) is 0 Å². The lowest BCUT2D eigenvalue weighted by Gasteiger charge is -2.54. The number of ether oxygens (including phenoxy) is 1. The van der Waals surface area contributed by atoms with E-state index in [1.54, 1.807) is 0 Å². The maximum atomic E-state index is 12.2. The number of nitrogens with two attached hydrogens (primary N) is 1. The van der Waals surface area contributed by atoms with Crippen molar-refractivity contribution in [1.82, 2.24) is 4.90 Å². The van der Waals surface area contributed by atoms with Gasteiger partial charge in [-0.05, 0) is 52.9 Å². The van der Waals surface area contributed by atoms with Crippen molar-refractivity contribution in [3.05, 3.63) is 0 Å². The van der Waals surface area contributed by atoms with Crippen molar-refractivity contribution in [3.8, 4) is 0 Å². The molecule has 4 nitrogen and oxygen atoms in total. The quantitative estimate of drug-likeness (QED) is 0.740. The summed E-state index contributed by atoms with van der Waals surface area (Å²) in [7, 11) is 0. The Hall–Kier alpha value is -0.480. The Bertz CT molecular complexity index is 311. The van der Waals surface area contributed by atoms with E-state index in [1.165, 1.54) is 6.42 Å². The van der Waals surface area contributed by atoms with Crippen molar-refractivity contribution in [2.45, 2.75) is 70.1 Å². The lowest BCUT2D eigenvalue weighted by molar-refractivity contribution is -0.0464. The fourth-order valence-corrected chi connectivity index (χ4v) is 2.89. The first-order valence-electron chi connectivity index (χ1n) is 6.59. The monoisotopic (exact) mass is 276 g/mol. The van der Waals surface area contributed by atoms with E-state index in [0.29, 0.717) is 0 Å². The number of carbonyl (C=O) groups excluding carboxylic acids is 1. The van der Waals surface area contributed by atoms with Crippen LogP contribution < -0.4 is 5.73 Å². The molecular weight excluding hydrogens is 252 g/mol. The molecule has 0 bridgehead atoms. The summed E-state index contributed by atoms with van der Waals surface area (Å²) < 4.78 is 5.49. The Morgan fingerprint density at radius 3 is 2.44 bits per heavy atom. The van der Waals surface area contributed by atoms with Gasteiger partial charge in [-0.2, -0.15) is 0 Å². The van der Waals surface area contributed by atoms with Gasteiger partial charge in [0.2, 0.25) is 0 Å². The zero-order valence-electron chi connectivity index (χ0n) is 11.6. The molecule has 1 saturated heterocycles. The van der Waals surface area contributed by atoms with Crippen LogP contribution in [0.3, 0.4) is 0 Å². The fourth-order valence-electron chi connectivity index (χ4n) is 2.89. The average molecular weight is 277 g/mol. The van der Waals surface area contributed by atoms with E-state index in [-0.39, 0.29) is 30.1 Å². The molecule has 2 fully saturated rings. The molecule has 2 aliphatic rings. The van der Waals surface area contributed by atoms with E-state index in [1.807, 2.05) is 25.7 Å². The van der Waals surface area contributed by atoms with Crippen molar-refractivity contribution in [2.75, 3.05) is 6.54 Å².